The summed E-state index contributed by atoms with van der Waals surface area (Å²) in [5.41, 5.74) is 2.38. The Morgan fingerprint density at radius 1 is 1.07 bits per heavy atom. The Kier molecular flexibility index (Phi) is 6.93. The first kappa shape index (κ1) is 19.0. The van der Waals surface area contributed by atoms with Gasteiger partial charge in [0, 0.05) is 20.2 Å². The number of benzene rings is 2. The number of ether oxygens (including phenoxy) is 3. The zero-order valence-corrected chi connectivity index (χ0v) is 15.9. The molecule has 1 atom stereocenters. The van der Waals surface area contributed by atoms with Crippen molar-refractivity contribution in [3.05, 3.63) is 59.7 Å². The monoisotopic (exact) mass is 369 g/mol. The van der Waals surface area contributed by atoms with E-state index in [1.807, 2.05) is 43.3 Å². The first-order valence-electron chi connectivity index (χ1n) is 9.27. The van der Waals surface area contributed by atoms with Crippen molar-refractivity contribution in [3.63, 3.8) is 0 Å². The van der Waals surface area contributed by atoms with Crippen LogP contribution in [0.5, 0.6) is 11.5 Å². The number of nitrogens with zero attached hydrogens (tertiary/aromatic N) is 1. The fraction of sp³-hybridized carbons (Fsp3) is 0.381. The maximum Gasteiger partial charge on any atom is 0.191 e. The van der Waals surface area contributed by atoms with E-state index in [2.05, 4.69) is 27.8 Å². The lowest BCUT2D eigenvalue weighted by molar-refractivity contribution is 0.0936. The highest BCUT2D eigenvalue weighted by Crippen LogP contribution is 2.30. The third kappa shape index (κ3) is 5.37. The van der Waals surface area contributed by atoms with Crippen molar-refractivity contribution >= 4 is 5.96 Å². The van der Waals surface area contributed by atoms with Crippen LogP contribution in [0, 0.1) is 0 Å². The Morgan fingerprint density at radius 3 is 2.59 bits per heavy atom. The van der Waals surface area contributed by atoms with Crippen molar-refractivity contribution in [2.24, 2.45) is 4.99 Å². The van der Waals surface area contributed by atoms with Crippen molar-refractivity contribution in [2.45, 2.75) is 26.2 Å². The molecule has 1 aliphatic heterocycles. The van der Waals surface area contributed by atoms with Crippen molar-refractivity contribution in [1.29, 1.82) is 0 Å². The molecule has 0 aliphatic carbocycles. The van der Waals surface area contributed by atoms with Gasteiger partial charge in [0.25, 0.3) is 0 Å². The highest BCUT2D eigenvalue weighted by molar-refractivity contribution is 5.79. The Balaban J connectivity index is 1.49. The topological polar surface area (TPSA) is 64.1 Å². The maximum atomic E-state index is 5.97. The number of aliphatic imine (C=N–C) groups is 1. The Morgan fingerprint density at radius 2 is 1.81 bits per heavy atom. The Labute approximate surface area is 160 Å². The normalized spacial score (nSPS) is 16.1. The average Bonchev–Trinajstić information content (AvgIpc) is 2.73. The van der Waals surface area contributed by atoms with Crippen LogP contribution >= 0.6 is 0 Å². The number of para-hydroxylation sites is 2. The standard InChI is InChI=1S/C21H27N3O3/c1-3-25-14-17-9-5-4-8-16(17)12-23-21(22-2)24-13-18-15-26-19-10-6-7-11-20(19)27-18/h4-11,18H,3,12-15H2,1-2H3,(H2,22,23,24). The lowest BCUT2D eigenvalue weighted by atomic mass is 10.1. The van der Waals surface area contributed by atoms with Crippen LogP contribution in [0.25, 0.3) is 0 Å². The minimum Gasteiger partial charge on any atom is -0.486 e. The minimum atomic E-state index is -0.0660. The van der Waals surface area contributed by atoms with Gasteiger partial charge in [-0.25, -0.2) is 0 Å². The zero-order chi connectivity index (χ0) is 18.9. The Bertz CT molecular complexity index is 764. The van der Waals surface area contributed by atoms with Crippen LogP contribution in [0.15, 0.2) is 53.5 Å². The van der Waals surface area contributed by atoms with E-state index in [0.29, 0.717) is 32.9 Å². The Hall–Kier alpha value is -2.73. The van der Waals surface area contributed by atoms with Crippen LogP contribution in [-0.2, 0) is 17.9 Å². The van der Waals surface area contributed by atoms with Gasteiger partial charge in [0.2, 0.25) is 0 Å². The number of rotatable bonds is 7. The highest BCUT2D eigenvalue weighted by Gasteiger charge is 2.20. The molecule has 6 nitrogen and oxygen atoms in total. The van der Waals surface area contributed by atoms with Crippen molar-refractivity contribution in [2.75, 3.05) is 26.8 Å². The number of hydrogen-bond donors (Lipinski definition) is 2. The summed E-state index contributed by atoms with van der Waals surface area (Å²) in [5, 5.41) is 6.65. The predicted octanol–water partition coefficient (Wildman–Crippen LogP) is 2.73. The van der Waals surface area contributed by atoms with E-state index in [1.54, 1.807) is 7.05 Å². The molecule has 6 heteroatoms. The highest BCUT2D eigenvalue weighted by atomic mass is 16.6. The van der Waals surface area contributed by atoms with Crippen LogP contribution in [0.1, 0.15) is 18.1 Å². The van der Waals surface area contributed by atoms with Crippen LogP contribution in [0.4, 0.5) is 0 Å². The molecule has 1 unspecified atom stereocenters. The van der Waals surface area contributed by atoms with Gasteiger partial charge in [-0.3, -0.25) is 4.99 Å². The molecule has 0 fully saturated rings. The molecule has 0 saturated heterocycles. The van der Waals surface area contributed by atoms with Gasteiger partial charge in [-0.2, -0.15) is 0 Å². The summed E-state index contributed by atoms with van der Waals surface area (Å²) in [6, 6.07) is 16.0. The first-order chi connectivity index (χ1) is 13.3. The second-order valence-corrected chi connectivity index (χ2v) is 6.21. The van der Waals surface area contributed by atoms with Gasteiger partial charge in [-0.1, -0.05) is 36.4 Å². The van der Waals surface area contributed by atoms with Crippen LogP contribution in [0.2, 0.25) is 0 Å². The fourth-order valence-electron chi connectivity index (χ4n) is 2.86. The number of nitrogens with one attached hydrogen (secondary N) is 2. The third-order valence-electron chi connectivity index (χ3n) is 4.31. The van der Waals surface area contributed by atoms with Gasteiger partial charge in [-0.15, -0.1) is 0 Å². The molecule has 2 aromatic carbocycles. The maximum absolute atomic E-state index is 5.97. The molecular weight excluding hydrogens is 342 g/mol. The minimum absolute atomic E-state index is 0.0660. The van der Waals surface area contributed by atoms with Crippen molar-refractivity contribution in [3.8, 4) is 11.5 Å². The van der Waals surface area contributed by atoms with E-state index in [0.717, 1.165) is 17.5 Å². The predicted molar refractivity (Wildman–Crippen MR) is 106 cm³/mol. The molecule has 1 aliphatic rings. The van der Waals surface area contributed by atoms with Gasteiger partial charge in [0.05, 0.1) is 13.2 Å². The molecule has 2 N–H and O–H groups in total. The molecule has 1 heterocycles. The molecule has 144 valence electrons. The number of guanidine groups is 1. The summed E-state index contributed by atoms with van der Waals surface area (Å²) < 4.78 is 17.3. The molecule has 27 heavy (non-hydrogen) atoms. The number of fused-ring (bicyclic) bond motifs is 1. The summed E-state index contributed by atoms with van der Waals surface area (Å²) >= 11 is 0. The first-order valence-corrected chi connectivity index (χ1v) is 9.27. The fourth-order valence-corrected chi connectivity index (χ4v) is 2.86. The summed E-state index contributed by atoms with van der Waals surface area (Å²) in [7, 11) is 1.76. The largest absolute Gasteiger partial charge is 0.486 e. The molecule has 0 aromatic heterocycles. The summed E-state index contributed by atoms with van der Waals surface area (Å²) in [5.74, 6) is 2.30. The van der Waals surface area contributed by atoms with E-state index in [9.17, 15) is 0 Å². The van der Waals surface area contributed by atoms with Crippen molar-refractivity contribution in [1.82, 2.24) is 10.6 Å². The summed E-state index contributed by atoms with van der Waals surface area (Å²) in [6.07, 6.45) is -0.0660. The van der Waals surface area contributed by atoms with Gasteiger partial charge < -0.3 is 24.8 Å². The molecule has 3 rings (SSSR count). The van der Waals surface area contributed by atoms with E-state index < -0.39 is 0 Å². The molecule has 0 amide bonds. The second kappa shape index (κ2) is 9.83. The molecular formula is C21H27N3O3. The molecule has 2 aromatic rings. The lowest BCUT2D eigenvalue weighted by Gasteiger charge is -2.27. The van der Waals surface area contributed by atoms with Crippen LogP contribution in [0.3, 0.4) is 0 Å². The average molecular weight is 369 g/mol. The smallest absolute Gasteiger partial charge is 0.191 e. The lowest BCUT2D eigenvalue weighted by Crippen LogP contribution is -2.45. The molecule has 0 saturated carbocycles. The van der Waals surface area contributed by atoms with Crippen LogP contribution < -0.4 is 20.1 Å². The van der Waals surface area contributed by atoms with Crippen LogP contribution in [-0.4, -0.2) is 38.9 Å². The van der Waals surface area contributed by atoms with Gasteiger partial charge in [0.15, 0.2) is 17.5 Å². The van der Waals surface area contributed by atoms with Gasteiger partial charge in [0.1, 0.15) is 12.7 Å². The summed E-state index contributed by atoms with van der Waals surface area (Å²) in [6.45, 7) is 5.12. The molecule has 0 spiro atoms. The van der Waals surface area contributed by atoms with E-state index >= 15 is 0 Å². The number of hydrogen-bond acceptors (Lipinski definition) is 4. The van der Waals surface area contributed by atoms with Gasteiger partial charge in [-0.05, 0) is 30.2 Å². The van der Waals surface area contributed by atoms with Gasteiger partial charge >= 0.3 is 0 Å². The molecule has 0 bridgehead atoms. The second-order valence-electron chi connectivity index (χ2n) is 6.21. The van der Waals surface area contributed by atoms with E-state index in [4.69, 9.17) is 14.2 Å². The quantitative estimate of drug-likeness (QED) is 0.580. The van der Waals surface area contributed by atoms with E-state index in [-0.39, 0.29) is 6.10 Å². The zero-order valence-electron chi connectivity index (χ0n) is 15.9. The molecule has 0 radical (unpaired) electrons. The van der Waals surface area contributed by atoms with Crippen molar-refractivity contribution < 1.29 is 14.2 Å². The SMILES string of the molecule is CCOCc1ccccc1CNC(=NC)NCC1COc2ccccc2O1. The summed E-state index contributed by atoms with van der Waals surface area (Å²) in [4.78, 5) is 4.29. The third-order valence-corrected chi connectivity index (χ3v) is 4.31. The van der Waals surface area contributed by atoms with E-state index in [1.165, 1.54) is 11.1 Å².